The second-order valence-corrected chi connectivity index (χ2v) is 6.51. The summed E-state index contributed by atoms with van der Waals surface area (Å²) >= 11 is 0. The monoisotopic (exact) mass is 223 g/mol. The van der Waals surface area contributed by atoms with Gasteiger partial charge in [-0.25, -0.2) is 0 Å². The number of hydrogen-bond acceptors (Lipinski definition) is 1. The zero-order valence-corrected chi connectivity index (χ0v) is 11.3. The lowest BCUT2D eigenvalue weighted by atomic mass is 9.77. The second-order valence-electron chi connectivity index (χ2n) is 6.51. The highest BCUT2D eigenvalue weighted by Crippen LogP contribution is 2.33. The lowest BCUT2D eigenvalue weighted by Gasteiger charge is -2.38. The zero-order valence-electron chi connectivity index (χ0n) is 11.3. The first kappa shape index (κ1) is 12.4. The van der Waals surface area contributed by atoms with E-state index in [9.17, 15) is 0 Å². The van der Waals surface area contributed by atoms with Crippen LogP contribution in [0.1, 0.15) is 65.7 Å². The van der Waals surface area contributed by atoms with Crippen molar-refractivity contribution in [3.63, 3.8) is 0 Å². The van der Waals surface area contributed by atoms with E-state index in [1.807, 2.05) is 0 Å². The van der Waals surface area contributed by atoms with Crippen molar-refractivity contribution >= 4 is 0 Å². The third kappa shape index (κ3) is 3.00. The van der Waals surface area contributed by atoms with E-state index in [1.165, 1.54) is 44.9 Å². The van der Waals surface area contributed by atoms with Gasteiger partial charge >= 0.3 is 0 Å². The molecule has 0 amide bonds. The minimum absolute atomic E-state index is 0.768. The van der Waals surface area contributed by atoms with Gasteiger partial charge in [-0.1, -0.05) is 33.1 Å². The van der Waals surface area contributed by atoms with Crippen LogP contribution in [-0.4, -0.2) is 12.1 Å². The van der Waals surface area contributed by atoms with E-state index in [-0.39, 0.29) is 0 Å². The van der Waals surface area contributed by atoms with Crippen molar-refractivity contribution in [1.29, 1.82) is 0 Å². The summed E-state index contributed by atoms with van der Waals surface area (Å²) in [5, 5.41) is 3.91. The van der Waals surface area contributed by atoms with Gasteiger partial charge in [0.25, 0.3) is 0 Å². The Kier molecular flexibility index (Phi) is 4.29. The van der Waals surface area contributed by atoms with Crippen molar-refractivity contribution in [2.45, 2.75) is 77.8 Å². The first-order valence-corrected chi connectivity index (χ1v) is 7.43. The molecule has 0 spiro atoms. The van der Waals surface area contributed by atoms with E-state index >= 15 is 0 Å². The van der Waals surface area contributed by atoms with Crippen LogP contribution in [0.4, 0.5) is 0 Å². The highest BCUT2D eigenvalue weighted by atomic mass is 15.0. The average Bonchev–Trinajstić information content (AvgIpc) is 2.15. The smallest absolute Gasteiger partial charge is 0.00723 e. The van der Waals surface area contributed by atoms with Crippen LogP contribution < -0.4 is 5.32 Å². The largest absolute Gasteiger partial charge is 0.311 e. The molecule has 1 heteroatoms. The highest BCUT2D eigenvalue weighted by Gasteiger charge is 2.29. The van der Waals surface area contributed by atoms with Gasteiger partial charge in [-0.2, -0.15) is 0 Å². The SMILES string of the molecule is CC(C)C1CCCC(NC(C)C2CCC2)C1. The van der Waals surface area contributed by atoms with Gasteiger partial charge in [0.1, 0.15) is 0 Å². The summed E-state index contributed by atoms with van der Waals surface area (Å²) in [5.74, 6) is 2.84. The van der Waals surface area contributed by atoms with Gasteiger partial charge in [-0.3, -0.25) is 0 Å². The molecule has 3 atom stereocenters. The van der Waals surface area contributed by atoms with Crippen LogP contribution in [0.25, 0.3) is 0 Å². The minimum atomic E-state index is 0.768. The molecule has 0 aromatic heterocycles. The Hall–Kier alpha value is -0.0400. The molecule has 2 aliphatic rings. The fourth-order valence-electron chi connectivity index (χ4n) is 3.43. The summed E-state index contributed by atoms with van der Waals surface area (Å²) in [6.07, 6.45) is 10.2. The molecule has 2 rings (SSSR count). The Morgan fingerprint density at radius 3 is 2.06 bits per heavy atom. The van der Waals surface area contributed by atoms with Gasteiger partial charge in [0.05, 0.1) is 0 Å². The quantitative estimate of drug-likeness (QED) is 0.760. The summed E-state index contributed by atoms with van der Waals surface area (Å²) in [4.78, 5) is 0. The van der Waals surface area contributed by atoms with Crippen molar-refractivity contribution < 1.29 is 0 Å². The predicted octanol–water partition coefficient (Wildman–Crippen LogP) is 3.98. The van der Waals surface area contributed by atoms with Crippen molar-refractivity contribution in [2.75, 3.05) is 0 Å². The standard InChI is InChI=1S/C15H29N/c1-11(2)14-8-5-9-15(10-14)16-12(3)13-6-4-7-13/h11-16H,4-10H2,1-3H3. The van der Waals surface area contributed by atoms with Crippen LogP contribution in [0, 0.1) is 17.8 Å². The minimum Gasteiger partial charge on any atom is -0.311 e. The lowest BCUT2D eigenvalue weighted by molar-refractivity contribution is 0.179. The van der Waals surface area contributed by atoms with Gasteiger partial charge in [0.2, 0.25) is 0 Å². The summed E-state index contributed by atoms with van der Waals surface area (Å²) in [7, 11) is 0. The number of rotatable bonds is 4. The molecule has 16 heavy (non-hydrogen) atoms. The first-order chi connectivity index (χ1) is 7.66. The van der Waals surface area contributed by atoms with E-state index in [4.69, 9.17) is 0 Å². The van der Waals surface area contributed by atoms with Crippen molar-refractivity contribution in [1.82, 2.24) is 5.32 Å². The molecule has 0 saturated heterocycles. The molecule has 3 unspecified atom stereocenters. The van der Waals surface area contributed by atoms with Crippen LogP contribution in [0.3, 0.4) is 0 Å². The maximum absolute atomic E-state index is 3.91. The molecule has 94 valence electrons. The van der Waals surface area contributed by atoms with Crippen molar-refractivity contribution in [3.8, 4) is 0 Å². The third-order valence-corrected chi connectivity index (χ3v) is 5.01. The van der Waals surface area contributed by atoms with Crippen LogP contribution in [-0.2, 0) is 0 Å². The Labute approximate surface area is 101 Å². The second kappa shape index (κ2) is 5.53. The molecule has 0 aromatic rings. The van der Waals surface area contributed by atoms with E-state index in [0.29, 0.717) is 0 Å². The highest BCUT2D eigenvalue weighted by molar-refractivity contribution is 4.85. The molecule has 1 nitrogen and oxygen atoms in total. The van der Waals surface area contributed by atoms with Gasteiger partial charge in [-0.15, -0.1) is 0 Å². The third-order valence-electron chi connectivity index (χ3n) is 5.01. The molecule has 1 N–H and O–H groups in total. The fourth-order valence-corrected chi connectivity index (χ4v) is 3.43. The molecule has 0 aromatic carbocycles. The van der Waals surface area contributed by atoms with E-state index in [1.54, 1.807) is 0 Å². The average molecular weight is 223 g/mol. The van der Waals surface area contributed by atoms with E-state index in [0.717, 1.165) is 29.8 Å². The molecular weight excluding hydrogens is 194 g/mol. The molecule has 2 aliphatic carbocycles. The van der Waals surface area contributed by atoms with Crippen LogP contribution >= 0.6 is 0 Å². The summed E-state index contributed by atoms with van der Waals surface area (Å²) in [6, 6.07) is 1.58. The Bertz CT molecular complexity index is 207. The summed E-state index contributed by atoms with van der Waals surface area (Å²) < 4.78 is 0. The predicted molar refractivity (Wildman–Crippen MR) is 70.5 cm³/mol. The molecule has 2 saturated carbocycles. The first-order valence-electron chi connectivity index (χ1n) is 7.43. The van der Waals surface area contributed by atoms with E-state index in [2.05, 4.69) is 26.1 Å². The molecular formula is C15H29N. The van der Waals surface area contributed by atoms with Gasteiger partial charge in [0.15, 0.2) is 0 Å². The Morgan fingerprint density at radius 2 is 1.50 bits per heavy atom. The Balaban J connectivity index is 1.75. The topological polar surface area (TPSA) is 12.0 Å². The normalized spacial score (nSPS) is 33.8. The van der Waals surface area contributed by atoms with E-state index < -0.39 is 0 Å². The molecule has 2 fully saturated rings. The van der Waals surface area contributed by atoms with Gasteiger partial charge in [-0.05, 0) is 50.4 Å². The molecule has 0 heterocycles. The molecule has 0 bridgehead atoms. The van der Waals surface area contributed by atoms with Gasteiger partial charge < -0.3 is 5.32 Å². The maximum atomic E-state index is 3.91. The van der Waals surface area contributed by atoms with Crippen molar-refractivity contribution in [3.05, 3.63) is 0 Å². The van der Waals surface area contributed by atoms with Crippen LogP contribution in [0.5, 0.6) is 0 Å². The summed E-state index contributed by atoms with van der Waals surface area (Å²) in [5.41, 5.74) is 0. The zero-order chi connectivity index (χ0) is 11.5. The molecule has 0 aliphatic heterocycles. The van der Waals surface area contributed by atoms with Crippen LogP contribution in [0.15, 0.2) is 0 Å². The van der Waals surface area contributed by atoms with Crippen LogP contribution in [0.2, 0.25) is 0 Å². The lowest BCUT2D eigenvalue weighted by Crippen LogP contribution is -2.45. The number of nitrogens with one attached hydrogen (secondary N) is 1. The molecule has 0 radical (unpaired) electrons. The fraction of sp³-hybridized carbons (Fsp3) is 1.00. The van der Waals surface area contributed by atoms with Crippen molar-refractivity contribution in [2.24, 2.45) is 17.8 Å². The van der Waals surface area contributed by atoms with Gasteiger partial charge in [0, 0.05) is 12.1 Å². The number of hydrogen-bond donors (Lipinski definition) is 1. The Morgan fingerprint density at radius 1 is 0.875 bits per heavy atom. The summed E-state index contributed by atoms with van der Waals surface area (Å²) in [6.45, 7) is 7.19. The maximum Gasteiger partial charge on any atom is 0.00723 e.